The fourth-order valence-electron chi connectivity index (χ4n) is 5.39. The van der Waals surface area contributed by atoms with Crippen LogP contribution < -0.4 is 14.4 Å². The minimum absolute atomic E-state index is 0.145. The van der Waals surface area contributed by atoms with Crippen molar-refractivity contribution in [3.63, 3.8) is 0 Å². The van der Waals surface area contributed by atoms with Crippen LogP contribution in [-0.2, 0) is 5.41 Å². The van der Waals surface area contributed by atoms with Crippen LogP contribution in [0.2, 0.25) is 0 Å². The van der Waals surface area contributed by atoms with Crippen LogP contribution in [0.25, 0.3) is 33.5 Å². The van der Waals surface area contributed by atoms with E-state index in [9.17, 15) is 4.39 Å². The number of halogens is 1. The third-order valence-corrected chi connectivity index (χ3v) is 7.79. The van der Waals surface area contributed by atoms with Crippen molar-refractivity contribution in [3.05, 3.63) is 66.3 Å². The van der Waals surface area contributed by atoms with Gasteiger partial charge in [0.1, 0.15) is 23.6 Å². The molecule has 1 aliphatic rings. The number of hydrogen-bond donors (Lipinski definition) is 2. The Bertz CT molecular complexity index is 1650. The number of hydrogen-bond acceptors (Lipinski definition) is 7. The second-order valence-corrected chi connectivity index (χ2v) is 10.4. The summed E-state index contributed by atoms with van der Waals surface area (Å²) >= 11 is 0. The Kier molecular flexibility index (Phi) is 6.61. The lowest BCUT2D eigenvalue weighted by Gasteiger charge is -2.38. The van der Waals surface area contributed by atoms with Gasteiger partial charge >= 0.3 is 0 Å². The van der Waals surface area contributed by atoms with E-state index in [1.165, 1.54) is 6.07 Å². The highest BCUT2D eigenvalue weighted by Gasteiger charge is 2.36. The number of piperidine rings is 1. The Morgan fingerprint density at radius 1 is 1.02 bits per heavy atom. The molecule has 0 bridgehead atoms. The summed E-state index contributed by atoms with van der Waals surface area (Å²) in [5, 5.41) is 0.977. The molecule has 0 atom stereocenters. The summed E-state index contributed by atoms with van der Waals surface area (Å²) in [4.78, 5) is 27.6. The van der Waals surface area contributed by atoms with Crippen LogP contribution >= 0.6 is 0 Å². The van der Waals surface area contributed by atoms with Crippen LogP contribution in [0.1, 0.15) is 38.2 Å². The molecule has 10 heteroatoms. The molecule has 0 aliphatic carbocycles. The van der Waals surface area contributed by atoms with Gasteiger partial charge in [-0.3, -0.25) is 0 Å². The molecule has 1 saturated heterocycles. The Balaban J connectivity index is 1.22. The number of aromatic amines is 2. The zero-order chi connectivity index (χ0) is 27.9. The minimum Gasteiger partial charge on any atom is -0.491 e. The van der Waals surface area contributed by atoms with Gasteiger partial charge in [0.15, 0.2) is 11.6 Å². The first-order valence-electron chi connectivity index (χ1n) is 13.5. The zero-order valence-electron chi connectivity index (χ0n) is 23.1. The molecular formula is C30H32FN7O2. The molecule has 0 spiro atoms. The first kappa shape index (κ1) is 25.8. The number of nitrogens with one attached hydrogen (secondary N) is 2. The summed E-state index contributed by atoms with van der Waals surface area (Å²) in [5.74, 6) is 2.29. The van der Waals surface area contributed by atoms with Crippen LogP contribution in [0.5, 0.6) is 11.6 Å². The fraction of sp³-hybridized carbons (Fsp3) is 0.333. The third kappa shape index (κ3) is 4.63. The third-order valence-electron chi connectivity index (χ3n) is 7.79. The number of fused-ring (bicyclic) bond motifs is 1. The van der Waals surface area contributed by atoms with E-state index in [1.54, 1.807) is 25.7 Å². The van der Waals surface area contributed by atoms with Crippen molar-refractivity contribution in [1.82, 2.24) is 29.9 Å². The summed E-state index contributed by atoms with van der Waals surface area (Å²) in [6.45, 7) is 8.12. The van der Waals surface area contributed by atoms with Gasteiger partial charge in [0.05, 0.1) is 24.8 Å². The number of aryl methyl sites for hydroxylation is 1. The van der Waals surface area contributed by atoms with E-state index in [2.05, 4.69) is 42.8 Å². The van der Waals surface area contributed by atoms with Crippen molar-refractivity contribution in [3.8, 4) is 34.1 Å². The SMILES string of the molecule is CCOc1ccc(-c2nc(C3(C)CCN(c4ncnc5[nH]c(-c6ccc(OC)nc6)cc45)CC3)[nH]c2C)cc1F. The van der Waals surface area contributed by atoms with Gasteiger partial charge < -0.3 is 24.3 Å². The highest BCUT2D eigenvalue weighted by Crippen LogP contribution is 2.38. The smallest absolute Gasteiger partial charge is 0.212 e. The molecule has 6 rings (SSSR count). The van der Waals surface area contributed by atoms with E-state index in [-0.39, 0.29) is 17.0 Å². The molecule has 0 radical (unpaired) electrons. The van der Waals surface area contributed by atoms with Crippen LogP contribution in [-0.4, -0.2) is 56.7 Å². The number of rotatable bonds is 7. The lowest BCUT2D eigenvalue weighted by molar-refractivity contribution is 0.321. The first-order chi connectivity index (χ1) is 19.4. The normalized spacial score (nSPS) is 15.0. The summed E-state index contributed by atoms with van der Waals surface area (Å²) < 4.78 is 25.1. The van der Waals surface area contributed by atoms with Crippen molar-refractivity contribution in [2.24, 2.45) is 0 Å². The summed E-state index contributed by atoms with van der Waals surface area (Å²) in [6.07, 6.45) is 5.17. The van der Waals surface area contributed by atoms with Crippen LogP contribution in [0.15, 0.2) is 48.9 Å². The van der Waals surface area contributed by atoms with Gasteiger partial charge in [0, 0.05) is 53.3 Å². The molecule has 1 fully saturated rings. The van der Waals surface area contributed by atoms with E-state index in [4.69, 9.17) is 14.5 Å². The van der Waals surface area contributed by atoms with Gasteiger partial charge in [-0.05, 0) is 57.0 Å². The predicted octanol–water partition coefficient (Wildman–Crippen LogP) is 5.82. The van der Waals surface area contributed by atoms with Crippen LogP contribution in [0, 0.1) is 12.7 Å². The van der Waals surface area contributed by atoms with E-state index in [0.717, 1.165) is 76.8 Å². The molecule has 9 nitrogen and oxygen atoms in total. The summed E-state index contributed by atoms with van der Waals surface area (Å²) in [7, 11) is 1.60. The van der Waals surface area contributed by atoms with E-state index in [0.29, 0.717) is 12.5 Å². The zero-order valence-corrected chi connectivity index (χ0v) is 23.1. The van der Waals surface area contributed by atoms with Gasteiger partial charge in [0.2, 0.25) is 5.88 Å². The lowest BCUT2D eigenvalue weighted by atomic mass is 9.79. The second kappa shape index (κ2) is 10.3. The molecule has 4 aromatic heterocycles. The maximum absolute atomic E-state index is 14.5. The topological polar surface area (TPSA) is 105 Å². The summed E-state index contributed by atoms with van der Waals surface area (Å²) in [6, 6.07) is 10.9. The number of imidazole rings is 1. The average Bonchev–Trinajstić information content (AvgIpc) is 3.59. The average molecular weight is 542 g/mol. The van der Waals surface area contributed by atoms with Gasteiger partial charge in [-0.1, -0.05) is 6.92 Å². The number of nitrogens with zero attached hydrogens (tertiary/aromatic N) is 5. The van der Waals surface area contributed by atoms with Crippen LogP contribution in [0.4, 0.5) is 10.2 Å². The number of H-pyrrole nitrogens is 2. The number of ether oxygens (including phenoxy) is 2. The Morgan fingerprint density at radius 3 is 2.52 bits per heavy atom. The Hall–Kier alpha value is -4.47. The lowest BCUT2D eigenvalue weighted by Crippen LogP contribution is -2.42. The Morgan fingerprint density at radius 2 is 1.82 bits per heavy atom. The monoisotopic (exact) mass is 541 g/mol. The predicted molar refractivity (Wildman–Crippen MR) is 152 cm³/mol. The molecule has 1 aliphatic heterocycles. The minimum atomic E-state index is -0.379. The van der Waals surface area contributed by atoms with Crippen molar-refractivity contribution in [1.29, 1.82) is 0 Å². The molecule has 40 heavy (non-hydrogen) atoms. The van der Waals surface area contributed by atoms with Crippen molar-refractivity contribution < 1.29 is 13.9 Å². The van der Waals surface area contributed by atoms with E-state index >= 15 is 0 Å². The largest absolute Gasteiger partial charge is 0.491 e. The highest BCUT2D eigenvalue weighted by molar-refractivity contribution is 5.91. The number of pyridine rings is 1. The molecule has 1 aromatic carbocycles. The standard InChI is InChI=1S/C30H32FN7O2/c1-5-40-24-8-6-19(14-22(24)31)26-18(2)35-29(37-26)30(3)10-12-38(13-11-30)28-21-15-23(36-27(21)33-17-34-28)20-7-9-25(39-4)32-16-20/h6-9,14-17H,5,10-13H2,1-4H3,(H,35,37)(H,33,34,36). The van der Waals surface area contributed by atoms with Gasteiger partial charge in [-0.15, -0.1) is 0 Å². The van der Waals surface area contributed by atoms with Gasteiger partial charge in [-0.25, -0.2) is 24.3 Å². The molecule has 0 saturated carbocycles. The Labute approximate surface area is 231 Å². The number of benzene rings is 1. The van der Waals surface area contributed by atoms with E-state index < -0.39 is 0 Å². The number of anilines is 1. The molecule has 206 valence electrons. The highest BCUT2D eigenvalue weighted by atomic mass is 19.1. The van der Waals surface area contributed by atoms with Gasteiger partial charge in [-0.2, -0.15) is 0 Å². The number of aromatic nitrogens is 6. The van der Waals surface area contributed by atoms with Gasteiger partial charge in [0.25, 0.3) is 0 Å². The molecule has 2 N–H and O–H groups in total. The molecule has 5 aromatic rings. The second-order valence-electron chi connectivity index (χ2n) is 10.4. The van der Waals surface area contributed by atoms with Crippen molar-refractivity contribution >= 4 is 16.9 Å². The maximum atomic E-state index is 14.5. The quantitative estimate of drug-likeness (QED) is 0.267. The van der Waals surface area contributed by atoms with Crippen molar-refractivity contribution in [2.45, 2.75) is 39.0 Å². The molecular weight excluding hydrogens is 509 g/mol. The first-order valence-corrected chi connectivity index (χ1v) is 13.5. The number of methoxy groups -OCH3 is 1. The van der Waals surface area contributed by atoms with E-state index in [1.807, 2.05) is 32.0 Å². The molecule has 5 heterocycles. The maximum Gasteiger partial charge on any atom is 0.212 e. The molecule has 0 unspecified atom stereocenters. The van der Waals surface area contributed by atoms with Crippen molar-refractivity contribution in [2.75, 3.05) is 31.7 Å². The molecule has 0 amide bonds. The fourth-order valence-corrected chi connectivity index (χ4v) is 5.39. The summed E-state index contributed by atoms with van der Waals surface area (Å²) in [5.41, 5.74) is 4.95. The van der Waals surface area contributed by atoms with Crippen LogP contribution in [0.3, 0.4) is 0 Å².